The Morgan fingerprint density at radius 1 is 1.18 bits per heavy atom. The Balaban J connectivity index is 1.59. The summed E-state index contributed by atoms with van der Waals surface area (Å²) < 4.78 is 53.2. The number of hydrogen-bond donors (Lipinski definition) is 1. The van der Waals surface area contributed by atoms with Crippen LogP contribution in [0.25, 0.3) is 11.0 Å². The van der Waals surface area contributed by atoms with Crippen molar-refractivity contribution >= 4 is 22.5 Å². The minimum Gasteiger partial charge on any atom is -0.378 e. The first-order chi connectivity index (χ1) is 16.4. The van der Waals surface area contributed by atoms with Gasteiger partial charge in [0.2, 0.25) is 0 Å². The van der Waals surface area contributed by atoms with E-state index in [0.29, 0.717) is 67.9 Å². The first-order valence-electron chi connectivity index (χ1n) is 11.1. The predicted octanol–water partition coefficient (Wildman–Crippen LogP) is 3.20. The molecule has 8 nitrogen and oxygen atoms in total. The molecular weight excluding hydrogens is 451 g/mol. The minimum atomic E-state index is -2.91. The van der Waals surface area contributed by atoms with Gasteiger partial charge in [0.15, 0.2) is 0 Å². The summed E-state index contributed by atoms with van der Waals surface area (Å²) in [6, 6.07) is 5.51. The second-order valence-electron chi connectivity index (χ2n) is 8.33. The molecule has 34 heavy (non-hydrogen) atoms. The van der Waals surface area contributed by atoms with Crippen molar-refractivity contribution in [2.24, 2.45) is 0 Å². The van der Waals surface area contributed by atoms with Gasteiger partial charge in [0.05, 0.1) is 43.4 Å². The lowest BCUT2D eigenvalue weighted by Crippen LogP contribution is -2.43. The molecule has 2 fully saturated rings. The molecule has 0 unspecified atom stereocenters. The summed E-state index contributed by atoms with van der Waals surface area (Å²) in [5.41, 5.74) is 0.242. The molecule has 2 aliphatic rings. The number of fused-ring (bicyclic) bond motifs is 1. The van der Waals surface area contributed by atoms with Crippen LogP contribution in [0.2, 0.25) is 0 Å². The summed E-state index contributed by atoms with van der Waals surface area (Å²) >= 11 is 0. The fourth-order valence-corrected chi connectivity index (χ4v) is 4.26. The number of hydrogen-bond acceptors (Lipinski definition) is 7. The third-order valence-electron chi connectivity index (χ3n) is 6.11. The van der Waals surface area contributed by atoms with E-state index in [9.17, 15) is 18.0 Å². The zero-order valence-electron chi connectivity index (χ0n) is 18.6. The summed E-state index contributed by atoms with van der Waals surface area (Å²) in [5.74, 6) is -0.130. The molecule has 2 aliphatic heterocycles. The number of alkyl halides is 2. The maximum atomic E-state index is 14.6. The molecule has 0 aliphatic carbocycles. The van der Waals surface area contributed by atoms with E-state index < -0.39 is 17.8 Å². The Kier molecular flexibility index (Phi) is 6.13. The number of aromatic nitrogens is 3. The van der Waals surface area contributed by atoms with Crippen LogP contribution < -0.4 is 15.8 Å². The average molecular weight is 475 g/mol. The van der Waals surface area contributed by atoms with E-state index in [4.69, 9.17) is 9.47 Å². The standard InChI is InChI=1S/C23H24F3N5O3/c1-13-28-21(27-10-14-3-2-4-16(19(14)24)20(25)26)17-9-18(30-5-7-33-8-6-30)23(32)31(22(17)29-13)15-11-34-12-15/h2-4,9,15,20H,5-8,10-12H2,1H3,(H,27,28,29). The Morgan fingerprint density at radius 2 is 1.94 bits per heavy atom. The Hall–Kier alpha value is -3.18. The van der Waals surface area contributed by atoms with Crippen molar-refractivity contribution in [2.75, 3.05) is 49.7 Å². The van der Waals surface area contributed by atoms with Crippen LogP contribution in [0.4, 0.5) is 24.7 Å². The molecule has 4 heterocycles. The molecule has 0 atom stereocenters. The molecule has 0 spiro atoms. The summed E-state index contributed by atoms with van der Waals surface area (Å²) in [5, 5.41) is 3.66. The van der Waals surface area contributed by atoms with Crippen molar-refractivity contribution in [1.29, 1.82) is 0 Å². The SMILES string of the molecule is Cc1nc(NCc2cccc(C(F)F)c2F)c2cc(N3CCOCC3)c(=O)n(C3COC3)c2n1. The molecule has 0 radical (unpaired) electrons. The second-order valence-corrected chi connectivity index (χ2v) is 8.33. The lowest BCUT2D eigenvalue weighted by Gasteiger charge is -2.32. The van der Waals surface area contributed by atoms with Crippen LogP contribution in [0, 0.1) is 12.7 Å². The van der Waals surface area contributed by atoms with Gasteiger partial charge < -0.3 is 19.7 Å². The van der Waals surface area contributed by atoms with E-state index in [-0.39, 0.29) is 23.7 Å². The first kappa shape index (κ1) is 22.6. The Morgan fingerprint density at radius 3 is 2.62 bits per heavy atom. The molecule has 0 bridgehead atoms. The molecular formula is C23H24F3N5O3. The molecule has 3 aromatic rings. The zero-order valence-corrected chi connectivity index (χ0v) is 18.6. The highest BCUT2D eigenvalue weighted by molar-refractivity contribution is 5.89. The number of nitrogens with one attached hydrogen (secondary N) is 1. The summed E-state index contributed by atoms with van der Waals surface area (Å²) in [6.07, 6.45) is -2.91. The van der Waals surface area contributed by atoms with E-state index in [1.807, 2.05) is 4.90 Å². The van der Waals surface area contributed by atoms with E-state index in [1.165, 1.54) is 12.1 Å². The van der Waals surface area contributed by atoms with Crippen molar-refractivity contribution < 1.29 is 22.6 Å². The van der Waals surface area contributed by atoms with Gasteiger partial charge in [-0.2, -0.15) is 0 Å². The van der Waals surface area contributed by atoms with Crippen LogP contribution in [0.3, 0.4) is 0 Å². The molecule has 0 saturated carbocycles. The van der Waals surface area contributed by atoms with E-state index in [0.717, 1.165) is 6.07 Å². The highest BCUT2D eigenvalue weighted by Gasteiger charge is 2.28. The second kappa shape index (κ2) is 9.22. The van der Waals surface area contributed by atoms with Crippen molar-refractivity contribution in [2.45, 2.75) is 25.9 Å². The van der Waals surface area contributed by atoms with Gasteiger partial charge in [-0.3, -0.25) is 9.36 Å². The number of benzene rings is 1. The zero-order chi connectivity index (χ0) is 23.8. The predicted molar refractivity (Wildman–Crippen MR) is 120 cm³/mol. The van der Waals surface area contributed by atoms with Gasteiger partial charge in [0.1, 0.15) is 28.8 Å². The van der Waals surface area contributed by atoms with Gasteiger partial charge >= 0.3 is 0 Å². The normalized spacial score (nSPS) is 16.8. The quantitative estimate of drug-likeness (QED) is 0.587. The fraction of sp³-hybridized carbons (Fsp3) is 0.435. The van der Waals surface area contributed by atoms with Crippen molar-refractivity contribution in [3.8, 4) is 0 Å². The number of rotatable bonds is 6. The van der Waals surface area contributed by atoms with Crippen LogP contribution in [-0.4, -0.2) is 54.1 Å². The molecule has 180 valence electrons. The van der Waals surface area contributed by atoms with E-state index in [1.54, 1.807) is 17.6 Å². The number of aryl methyl sites for hydroxylation is 1. The Bertz CT molecular complexity index is 1270. The third-order valence-corrected chi connectivity index (χ3v) is 6.11. The maximum absolute atomic E-state index is 14.6. The van der Waals surface area contributed by atoms with Crippen molar-refractivity contribution in [3.05, 3.63) is 57.4 Å². The molecule has 1 aromatic carbocycles. The summed E-state index contributed by atoms with van der Waals surface area (Å²) in [6.45, 7) is 4.61. The molecule has 5 rings (SSSR count). The van der Waals surface area contributed by atoms with Crippen LogP contribution in [0.5, 0.6) is 0 Å². The van der Waals surface area contributed by atoms with Gasteiger partial charge in [0, 0.05) is 25.2 Å². The number of morpholine rings is 1. The fourth-order valence-electron chi connectivity index (χ4n) is 4.26. The van der Waals surface area contributed by atoms with Gasteiger partial charge in [-0.05, 0) is 13.0 Å². The smallest absolute Gasteiger partial charge is 0.276 e. The van der Waals surface area contributed by atoms with Crippen LogP contribution >= 0.6 is 0 Å². The largest absolute Gasteiger partial charge is 0.378 e. The van der Waals surface area contributed by atoms with Crippen molar-refractivity contribution in [3.63, 3.8) is 0 Å². The average Bonchev–Trinajstić information content (AvgIpc) is 2.79. The van der Waals surface area contributed by atoms with E-state index in [2.05, 4.69) is 15.3 Å². The first-order valence-corrected chi connectivity index (χ1v) is 11.1. The maximum Gasteiger partial charge on any atom is 0.276 e. The van der Waals surface area contributed by atoms with Crippen LogP contribution in [0.15, 0.2) is 29.1 Å². The van der Waals surface area contributed by atoms with Gasteiger partial charge in [-0.15, -0.1) is 0 Å². The summed E-state index contributed by atoms with van der Waals surface area (Å²) in [7, 11) is 0. The summed E-state index contributed by atoms with van der Waals surface area (Å²) in [4.78, 5) is 24.5. The number of ether oxygens (including phenoxy) is 2. The number of anilines is 2. The molecule has 11 heteroatoms. The lowest BCUT2D eigenvalue weighted by atomic mass is 10.1. The highest BCUT2D eigenvalue weighted by atomic mass is 19.3. The van der Waals surface area contributed by atoms with Gasteiger partial charge in [-0.25, -0.2) is 23.1 Å². The number of pyridine rings is 1. The monoisotopic (exact) mass is 475 g/mol. The lowest BCUT2D eigenvalue weighted by molar-refractivity contribution is -0.0230. The minimum absolute atomic E-state index is 0.0590. The van der Waals surface area contributed by atoms with Crippen LogP contribution in [0.1, 0.15) is 29.4 Å². The van der Waals surface area contributed by atoms with Crippen molar-refractivity contribution in [1.82, 2.24) is 14.5 Å². The van der Waals surface area contributed by atoms with Gasteiger partial charge in [0.25, 0.3) is 12.0 Å². The highest BCUT2D eigenvalue weighted by Crippen LogP contribution is 2.29. The molecule has 1 N–H and O–H groups in total. The number of halogens is 3. The third kappa shape index (κ3) is 4.09. The topological polar surface area (TPSA) is 81.5 Å². The molecule has 2 saturated heterocycles. The van der Waals surface area contributed by atoms with Gasteiger partial charge in [-0.1, -0.05) is 18.2 Å². The Labute approximate surface area is 193 Å². The molecule has 2 aromatic heterocycles. The van der Waals surface area contributed by atoms with Crippen LogP contribution in [-0.2, 0) is 16.0 Å². The van der Waals surface area contributed by atoms with E-state index >= 15 is 0 Å². The molecule has 0 amide bonds. The number of nitrogens with zero attached hydrogens (tertiary/aromatic N) is 4.